The number of nitro benzene ring substituents is 1. The number of thiocarbonyl (C=S) groups is 2. The molecule has 0 saturated carbocycles. The van der Waals surface area contributed by atoms with Crippen LogP contribution < -0.4 is 21.3 Å². The summed E-state index contributed by atoms with van der Waals surface area (Å²) < 4.78 is 0. The van der Waals surface area contributed by atoms with Gasteiger partial charge in [0.15, 0.2) is 10.2 Å². The van der Waals surface area contributed by atoms with Crippen LogP contribution >= 0.6 is 36.0 Å². The molecule has 160 valence electrons. The first-order valence-electron chi connectivity index (χ1n) is 8.56. The van der Waals surface area contributed by atoms with E-state index in [1.165, 1.54) is 31.2 Å². The predicted molar refractivity (Wildman–Crippen MR) is 128 cm³/mol. The van der Waals surface area contributed by atoms with E-state index in [2.05, 4.69) is 21.3 Å². The molecule has 9 nitrogen and oxygen atoms in total. The van der Waals surface area contributed by atoms with Gasteiger partial charge in [-0.1, -0.05) is 17.7 Å². The van der Waals surface area contributed by atoms with E-state index < -0.39 is 10.8 Å². The van der Waals surface area contributed by atoms with E-state index in [9.17, 15) is 19.7 Å². The molecule has 2 rings (SSSR count). The molecular formula is C19H16ClN5O4S2. The van der Waals surface area contributed by atoms with E-state index in [0.29, 0.717) is 16.9 Å². The van der Waals surface area contributed by atoms with Gasteiger partial charge in [0.2, 0.25) is 11.8 Å². The molecule has 0 aliphatic rings. The Morgan fingerprint density at radius 2 is 1.55 bits per heavy atom. The average molecular weight is 478 g/mol. The molecule has 0 atom stereocenters. The van der Waals surface area contributed by atoms with Crippen molar-refractivity contribution in [3.63, 3.8) is 0 Å². The molecule has 0 aliphatic heterocycles. The van der Waals surface area contributed by atoms with Crippen molar-refractivity contribution in [2.45, 2.75) is 6.92 Å². The standard InChI is InChI=1S/C19H16ClN5O4S2/c1-11(26)21-18(30)22-13-4-6-14(7-5-13)23-19(31)24-17(27)9-3-12-2-8-15(20)16(10-12)25(28)29/h2-10H,1H3,(H2,21,22,26,30)(H2,23,24,27,31)/b9-3+. The third-order valence-electron chi connectivity index (χ3n) is 3.52. The third kappa shape index (κ3) is 8.09. The molecular weight excluding hydrogens is 462 g/mol. The molecule has 0 spiro atoms. The molecule has 0 unspecified atom stereocenters. The molecule has 0 aromatic heterocycles. The number of amides is 2. The summed E-state index contributed by atoms with van der Waals surface area (Å²) in [6.07, 6.45) is 2.59. The number of hydrogen-bond donors (Lipinski definition) is 4. The Morgan fingerprint density at radius 3 is 2.06 bits per heavy atom. The molecule has 0 heterocycles. The Balaban J connectivity index is 1.89. The fourth-order valence-corrected chi connectivity index (χ4v) is 2.89. The van der Waals surface area contributed by atoms with Gasteiger partial charge < -0.3 is 16.0 Å². The topological polar surface area (TPSA) is 125 Å². The molecule has 0 bridgehead atoms. The quantitative estimate of drug-likeness (QED) is 0.223. The number of anilines is 2. The van der Waals surface area contributed by atoms with Crippen molar-refractivity contribution in [3.8, 4) is 0 Å². The van der Waals surface area contributed by atoms with Crippen molar-refractivity contribution in [2.75, 3.05) is 10.6 Å². The van der Waals surface area contributed by atoms with Crippen molar-refractivity contribution in [1.29, 1.82) is 0 Å². The van der Waals surface area contributed by atoms with E-state index in [4.69, 9.17) is 36.0 Å². The van der Waals surface area contributed by atoms with Crippen molar-refractivity contribution >= 4 is 81.2 Å². The highest BCUT2D eigenvalue weighted by Crippen LogP contribution is 2.25. The SMILES string of the molecule is CC(=O)NC(=S)Nc1ccc(NC(=S)NC(=O)/C=C/c2ccc(Cl)c([N+](=O)[O-])c2)cc1. The monoisotopic (exact) mass is 477 g/mol. The lowest BCUT2D eigenvalue weighted by molar-refractivity contribution is -0.384. The van der Waals surface area contributed by atoms with Gasteiger partial charge in [0.25, 0.3) is 5.69 Å². The summed E-state index contributed by atoms with van der Waals surface area (Å²) in [7, 11) is 0. The lowest BCUT2D eigenvalue weighted by Crippen LogP contribution is -2.33. The summed E-state index contributed by atoms with van der Waals surface area (Å²) in [6.45, 7) is 1.35. The van der Waals surface area contributed by atoms with Crippen LogP contribution in [-0.4, -0.2) is 27.0 Å². The number of carbonyl (C=O) groups is 2. The van der Waals surface area contributed by atoms with Crippen LogP contribution in [0.5, 0.6) is 0 Å². The highest BCUT2D eigenvalue weighted by Gasteiger charge is 2.12. The Hall–Kier alpha value is -3.41. The van der Waals surface area contributed by atoms with E-state index in [-0.39, 0.29) is 26.8 Å². The Kier molecular flexibility index (Phi) is 8.55. The van der Waals surface area contributed by atoms with E-state index >= 15 is 0 Å². The molecule has 4 N–H and O–H groups in total. The summed E-state index contributed by atoms with van der Waals surface area (Å²) in [5.41, 5.74) is 1.44. The average Bonchev–Trinajstić information content (AvgIpc) is 2.68. The van der Waals surface area contributed by atoms with Crippen LogP contribution in [0.3, 0.4) is 0 Å². The van der Waals surface area contributed by atoms with Crippen molar-refractivity contribution in [1.82, 2.24) is 10.6 Å². The summed E-state index contributed by atoms with van der Waals surface area (Å²) in [6, 6.07) is 11.0. The largest absolute Gasteiger partial charge is 0.332 e. The summed E-state index contributed by atoms with van der Waals surface area (Å²) in [5, 5.41) is 21.8. The lowest BCUT2D eigenvalue weighted by atomic mass is 10.2. The molecule has 2 aromatic carbocycles. The molecule has 12 heteroatoms. The van der Waals surface area contributed by atoms with Crippen LogP contribution in [0.4, 0.5) is 17.1 Å². The molecule has 2 amide bonds. The number of benzene rings is 2. The van der Waals surface area contributed by atoms with Crippen molar-refractivity contribution in [3.05, 3.63) is 69.2 Å². The van der Waals surface area contributed by atoms with Crippen LogP contribution in [0, 0.1) is 10.1 Å². The van der Waals surface area contributed by atoms with Gasteiger partial charge >= 0.3 is 0 Å². The zero-order chi connectivity index (χ0) is 23.0. The number of carbonyl (C=O) groups excluding carboxylic acids is 2. The van der Waals surface area contributed by atoms with Gasteiger partial charge in [-0.2, -0.15) is 0 Å². The van der Waals surface area contributed by atoms with Gasteiger partial charge in [-0.15, -0.1) is 0 Å². The van der Waals surface area contributed by atoms with Crippen molar-refractivity contribution in [2.24, 2.45) is 0 Å². The summed E-state index contributed by atoms with van der Waals surface area (Å²) in [5.74, 6) is -0.797. The second kappa shape index (κ2) is 11.1. The van der Waals surface area contributed by atoms with Gasteiger partial charge in [-0.05, 0) is 66.4 Å². The van der Waals surface area contributed by atoms with Gasteiger partial charge in [-0.25, -0.2) is 0 Å². The maximum Gasteiger partial charge on any atom is 0.288 e. The zero-order valence-electron chi connectivity index (χ0n) is 16.0. The first-order valence-corrected chi connectivity index (χ1v) is 9.76. The molecule has 2 aromatic rings. The smallest absolute Gasteiger partial charge is 0.288 e. The number of halogens is 1. The number of nitrogens with zero attached hydrogens (tertiary/aromatic N) is 1. The predicted octanol–water partition coefficient (Wildman–Crippen LogP) is 3.61. The number of nitro groups is 1. The van der Waals surface area contributed by atoms with Crippen LogP contribution in [0.2, 0.25) is 5.02 Å². The fourth-order valence-electron chi connectivity index (χ4n) is 2.22. The minimum atomic E-state index is -0.604. The van der Waals surface area contributed by atoms with Gasteiger partial charge in [-0.3, -0.25) is 25.0 Å². The van der Waals surface area contributed by atoms with Gasteiger partial charge in [0.05, 0.1) is 4.92 Å². The maximum atomic E-state index is 12.0. The second-order valence-corrected chi connectivity index (χ2v) is 7.18. The van der Waals surface area contributed by atoms with Gasteiger partial charge in [0, 0.05) is 30.4 Å². The lowest BCUT2D eigenvalue weighted by Gasteiger charge is -2.11. The summed E-state index contributed by atoms with van der Waals surface area (Å²) in [4.78, 5) is 33.3. The van der Waals surface area contributed by atoms with Crippen LogP contribution in [0.25, 0.3) is 6.08 Å². The highest BCUT2D eigenvalue weighted by atomic mass is 35.5. The third-order valence-corrected chi connectivity index (χ3v) is 4.25. The van der Waals surface area contributed by atoms with Crippen LogP contribution in [0.1, 0.15) is 12.5 Å². The number of nitrogens with one attached hydrogen (secondary N) is 4. The van der Waals surface area contributed by atoms with E-state index in [1.807, 2.05) is 0 Å². The maximum absolute atomic E-state index is 12.0. The zero-order valence-corrected chi connectivity index (χ0v) is 18.4. The fraction of sp³-hybridized carbons (Fsp3) is 0.0526. The van der Waals surface area contributed by atoms with Gasteiger partial charge in [0.1, 0.15) is 5.02 Å². The van der Waals surface area contributed by atoms with Crippen LogP contribution in [0.15, 0.2) is 48.5 Å². The Morgan fingerprint density at radius 1 is 1.00 bits per heavy atom. The Bertz CT molecular complexity index is 1070. The highest BCUT2D eigenvalue weighted by molar-refractivity contribution is 7.80. The first-order chi connectivity index (χ1) is 14.6. The van der Waals surface area contributed by atoms with Crippen molar-refractivity contribution < 1.29 is 14.5 Å². The minimum absolute atomic E-state index is 0.00939. The molecule has 0 fully saturated rings. The van der Waals surface area contributed by atoms with E-state index in [1.54, 1.807) is 30.3 Å². The summed E-state index contributed by atoms with van der Waals surface area (Å²) >= 11 is 15.8. The first kappa shape index (κ1) is 23.9. The van der Waals surface area contributed by atoms with E-state index in [0.717, 1.165) is 0 Å². The minimum Gasteiger partial charge on any atom is -0.332 e. The number of rotatable bonds is 5. The molecule has 0 aliphatic carbocycles. The van der Waals surface area contributed by atoms with Crippen LogP contribution in [-0.2, 0) is 9.59 Å². The normalized spacial score (nSPS) is 10.3. The number of hydrogen-bond acceptors (Lipinski definition) is 6. The second-order valence-electron chi connectivity index (χ2n) is 5.96. The molecule has 0 radical (unpaired) electrons. The molecule has 31 heavy (non-hydrogen) atoms. The molecule has 0 saturated heterocycles. The Labute approximate surface area is 193 Å².